The summed E-state index contributed by atoms with van der Waals surface area (Å²) >= 11 is 0. The van der Waals surface area contributed by atoms with Gasteiger partial charge in [0.1, 0.15) is 0 Å². The fourth-order valence-corrected chi connectivity index (χ4v) is 1.84. The van der Waals surface area contributed by atoms with Crippen molar-refractivity contribution < 1.29 is 18.3 Å². The maximum absolute atomic E-state index is 12.3. The normalized spacial score (nSPS) is 26.5. The smallest absolute Gasteiger partial charge is 0.391 e. The standard InChI is InChI=1S/C12H15F3O/c13-12(14,15)11-7-5-10(6-8-11)4-2-1-3-9-16/h1,3,10-11,16H,5-9H2/b3-1+. The van der Waals surface area contributed by atoms with Gasteiger partial charge in [0.15, 0.2) is 0 Å². The van der Waals surface area contributed by atoms with E-state index < -0.39 is 12.1 Å². The summed E-state index contributed by atoms with van der Waals surface area (Å²) in [6.45, 7) is -0.0600. The van der Waals surface area contributed by atoms with Gasteiger partial charge in [-0.05, 0) is 31.8 Å². The molecular formula is C12H15F3O. The van der Waals surface area contributed by atoms with Crippen molar-refractivity contribution in [1.82, 2.24) is 0 Å². The molecule has 0 aromatic heterocycles. The van der Waals surface area contributed by atoms with Crippen LogP contribution in [0.3, 0.4) is 0 Å². The molecule has 0 spiro atoms. The Morgan fingerprint density at radius 2 is 1.81 bits per heavy atom. The highest BCUT2D eigenvalue weighted by molar-refractivity contribution is 5.17. The Bertz CT molecular complexity index is 288. The van der Waals surface area contributed by atoms with Gasteiger partial charge < -0.3 is 5.11 Å². The third-order valence-corrected chi connectivity index (χ3v) is 2.78. The van der Waals surface area contributed by atoms with Crippen LogP contribution in [-0.2, 0) is 0 Å². The van der Waals surface area contributed by atoms with Crippen molar-refractivity contribution in [3.05, 3.63) is 12.2 Å². The van der Waals surface area contributed by atoms with E-state index in [-0.39, 0.29) is 25.4 Å². The van der Waals surface area contributed by atoms with Crippen molar-refractivity contribution in [3.8, 4) is 11.8 Å². The summed E-state index contributed by atoms with van der Waals surface area (Å²) in [6, 6.07) is 0. The first-order chi connectivity index (χ1) is 7.54. The molecule has 0 aromatic rings. The molecule has 0 aromatic carbocycles. The van der Waals surface area contributed by atoms with E-state index >= 15 is 0 Å². The van der Waals surface area contributed by atoms with Gasteiger partial charge in [0, 0.05) is 5.92 Å². The molecule has 0 radical (unpaired) electrons. The van der Waals surface area contributed by atoms with Gasteiger partial charge in [-0.3, -0.25) is 0 Å². The maximum Gasteiger partial charge on any atom is 0.391 e. The highest BCUT2D eigenvalue weighted by Crippen LogP contribution is 2.39. The number of hydrogen-bond donors (Lipinski definition) is 1. The Morgan fingerprint density at radius 3 is 2.31 bits per heavy atom. The predicted octanol–water partition coefficient (Wildman–Crippen LogP) is 2.91. The van der Waals surface area contributed by atoms with Gasteiger partial charge in [-0.15, -0.1) is 0 Å². The van der Waals surface area contributed by atoms with Crippen molar-refractivity contribution in [3.63, 3.8) is 0 Å². The van der Waals surface area contributed by atoms with Crippen LogP contribution in [0.1, 0.15) is 25.7 Å². The van der Waals surface area contributed by atoms with Crippen LogP contribution in [0.5, 0.6) is 0 Å². The lowest BCUT2D eigenvalue weighted by molar-refractivity contribution is -0.182. The minimum Gasteiger partial charge on any atom is -0.392 e. The van der Waals surface area contributed by atoms with E-state index in [0.717, 1.165) is 0 Å². The Kier molecular flexibility index (Phi) is 4.88. The van der Waals surface area contributed by atoms with Crippen LogP contribution in [0.2, 0.25) is 0 Å². The van der Waals surface area contributed by atoms with Crippen LogP contribution in [0.15, 0.2) is 12.2 Å². The highest BCUT2D eigenvalue weighted by Gasteiger charge is 2.41. The van der Waals surface area contributed by atoms with Crippen LogP contribution in [0, 0.1) is 23.7 Å². The molecule has 1 fully saturated rings. The molecule has 0 amide bonds. The zero-order valence-corrected chi connectivity index (χ0v) is 8.93. The summed E-state index contributed by atoms with van der Waals surface area (Å²) in [7, 11) is 0. The molecule has 1 nitrogen and oxygen atoms in total. The summed E-state index contributed by atoms with van der Waals surface area (Å²) in [4.78, 5) is 0. The van der Waals surface area contributed by atoms with Crippen LogP contribution in [0.25, 0.3) is 0 Å². The van der Waals surface area contributed by atoms with Crippen LogP contribution in [0.4, 0.5) is 13.2 Å². The maximum atomic E-state index is 12.3. The summed E-state index contributed by atoms with van der Waals surface area (Å²) in [5.74, 6) is 4.58. The first-order valence-electron chi connectivity index (χ1n) is 5.37. The number of alkyl halides is 3. The quantitative estimate of drug-likeness (QED) is 0.689. The number of aliphatic hydroxyl groups is 1. The lowest BCUT2D eigenvalue weighted by atomic mass is 9.82. The highest BCUT2D eigenvalue weighted by atomic mass is 19.4. The molecule has 0 atom stereocenters. The van der Waals surface area contributed by atoms with Crippen molar-refractivity contribution in [2.75, 3.05) is 6.61 Å². The molecule has 1 aliphatic rings. The average Bonchev–Trinajstić information content (AvgIpc) is 2.24. The second-order valence-electron chi connectivity index (χ2n) is 3.96. The van der Waals surface area contributed by atoms with E-state index in [4.69, 9.17) is 5.11 Å². The monoisotopic (exact) mass is 232 g/mol. The first kappa shape index (κ1) is 13.1. The number of halogens is 3. The lowest BCUT2D eigenvalue weighted by Gasteiger charge is -2.27. The number of hydrogen-bond acceptors (Lipinski definition) is 1. The molecule has 1 rings (SSSR count). The number of allylic oxidation sites excluding steroid dienone is 1. The molecule has 90 valence electrons. The van der Waals surface area contributed by atoms with Gasteiger partial charge in [0.05, 0.1) is 12.5 Å². The first-order valence-corrected chi connectivity index (χ1v) is 5.37. The fourth-order valence-electron chi connectivity index (χ4n) is 1.84. The van der Waals surface area contributed by atoms with E-state index in [1.165, 1.54) is 12.2 Å². The molecule has 1 aliphatic carbocycles. The molecule has 0 saturated heterocycles. The van der Waals surface area contributed by atoms with Gasteiger partial charge in [-0.25, -0.2) is 0 Å². The summed E-state index contributed by atoms with van der Waals surface area (Å²) in [5, 5.41) is 8.45. The van der Waals surface area contributed by atoms with Crippen molar-refractivity contribution >= 4 is 0 Å². The van der Waals surface area contributed by atoms with Crippen LogP contribution >= 0.6 is 0 Å². The average molecular weight is 232 g/mol. The molecule has 16 heavy (non-hydrogen) atoms. The molecule has 1 N–H and O–H groups in total. The SMILES string of the molecule is OC/C=C/C#CC1CCC(C(F)(F)F)CC1. The van der Waals surface area contributed by atoms with E-state index in [2.05, 4.69) is 11.8 Å². The van der Waals surface area contributed by atoms with Gasteiger partial charge in [-0.2, -0.15) is 13.2 Å². The molecule has 0 aliphatic heterocycles. The number of rotatable bonds is 1. The van der Waals surface area contributed by atoms with E-state index in [1.807, 2.05) is 0 Å². The van der Waals surface area contributed by atoms with E-state index in [0.29, 0.717) is 12.8 Å². The predicted molar refractivity (Wildman–Crippen MR) is 55.5 cm³/mol. The molecule has 0 heterocycles. The second kappa shape index (κ2) is 5.95. The Labute approximate surface area is 93.3 Å². The Hall–Kier alpha value is -0.950. The van der Waals surface area contributed by atoms with Crippen LogP contribution < -0.4 is 0 Å². The van der Waals surface area contributed by atoms with Crippen molar-refractivity contribution in [2.45, 2.75) is 31.9 Å². The summed E-state index contributed by atoms with van der Waals surface area (Å²) < 4.78 is 37.0. The van der Waals surface area contributed by atoms with Gasteiger partial charge in [0.2, 0.25) is 0 Å². The molecule has 0 unspecified atom stereocenters. The Morgan fingerprint density at radius 1 is 1.19 bits per heavy atom. The second-order valence-corrected chi connectivity index (χ2v) is 3.96. The zero-order chi connectivity index (χ0) is 12.0. The molecule has 4 heteroatoms. The molecular weight excluding hydrogens is 217 g/mol. The van der Waals surface area contributed by atoms with Gasteiger partial charge in [-0.1, -0.05) is 17.9 Å². The topological polar surface area (TPSA) is 20.2 Å². The Balaban J connectivity index is 2.37. The van der Waals surface area contributed by atoms with Crippen molar-refractivity contribution in [1.29, 1.82) is 0 Å². The van der Waals surface area contributed by atoms with E-state index in [9.17, 15) is 13.2 Å². The summed E-state index contributed by atoms with van der Waals surface area (Å²) in [5.41, 5.74) is 0. The van der Waals surface area contributed by atoms with Gasteiger partial charge >= 0.3 is 6.18 Å². The fraction of sp³-hybridized carbons (Fsp3) is 0.667. The molecule has 1 saturated carbocycles. The third-order valence-electron chi connectivity index (χ3n) is 2.78. The zero-order valence-electron chi connectivity index (χ0n) is 8.93. The number of aliphatic hydroxyl groups excluding tert-OH is 1. The minimum atomic E-state index is -4.05. The minimum absolute atomic E-state index is 0.0600. The molecule has 0 bridgehead atoms. The lowest BCUT2D eigenvalue weighted by Crippen LogP contribution is -2.27. The largest absolute Gasteiger partial charge is 0.392 e. The van der Waals surface area contributed by atoms with Crippen molar-refractivity contribution in [2.24, 2.45) is 11.8 Å². The third kappa shape index (κ3) is 4.28. The summed E-state index contributed by atoms with van der Waals surface area (Å²) in [6.07, 6.45) is 0.410. The van der Waals surface area contributed by atoms with E-state index in [1.54, 1.807) is 0 Å². The van der Waals surface area contributed by atoms with Crippen LogP contribution in [-0.4, -0.2) is 17.9 Å². The van der Waals surface area contributed by atoms with Gasteiger partial charge in [0.25, 0.3) is 0 Å².